The predicted octanol–water partition coefficient (Wildman–Crippen LogP) is 3.40. The fraction of sp³-hybridized carbons (Fsp3) is 0.381. The molecule has 8 heteroatoms. The van der Waals surface area contributed by atoms with Crippen molar-refractivity contribution < 1.29 is 17.9 Å². The van der Waals surface area contributed by atoms with Gasteiger partial charge in [-0.3, -0.25) is 4.79 Å². The largest absolute Gasteiger partial charge is 0.495 e. The van der Waals surface area contributed by atoms with Gasteiger partial charge in [0.2, 0.25) is 15.9 Å². The molecule has 29 heavy (non-hydrogen) atoms. The van der Waals surface area contributed by atoms with Crippen LogP contribution in [0, 0.1) is 5.92 Å². The van der Waals surface area contributed by atoms with Crippen molar-refractivity contribution in [3.05, 3.63) is 59.1 Å². The average Bonchev–Trinajstić information content (AvgIpc) is 2.67. The van der Waals surface area contributed by atoms with Crippen LogP contribution in [-0.2, 0) is 21.2 Å². The number of rotatable bonds is 10. The maximum absolute atomic E-state index is 12.9. The van der Waals surface area contributed by atoms with E-state index in [1.807, 2.05) is 30.3 Å². The summed E-state index contributed by atoms with van der Waals surface area (Å²) < 4.78 is 33.3. The Morgan fingerprint density at radius 2 is 1.83 bits per heavy atom. The molecule has 2 aromatic rings. The molecule has 0 spiro atoms. The number of hydrogen-bond donors (Lipinski definition) is 2. The second kappa shape index (κ2) is 10.6. The van der Waals surface area contributed by atoms with Crippen molar-refractivity contribution >= 4 is 27.5 Å². The Labute approximate surface area is 177 Å². The van der Waals surface area contributed by atoms with Gasteiger partial charge in [0.25, 0.3) is 0 Å². The first-order valence-electron chi connectivity index (χ1n) is 9.40. The topological polar surface area (TPSA) is 84.5 Å². The highest BCUT2D eigenvalue weighted by atomic mass is 35.5. The second-order valence-corrected chi connectivity index (χ2v) is 9.25. The highest BCUT2D eigenvalue weighted by molar-refractivity contribution is 7.89. The molecule has 0 saturated heterocycles. The van der Waals surface area contributed by atoms with Crippen molar-refractivity contribution in [1.82, 2.24) is 10.0 Å². The SMILES string of the molecule is COc1ccc(S(=O)(=O)N[C@H](Cc2ccccc2)C(=O)NCCC(C)C)cc1Cl. The van der Waals surface area contributed by atoms with Crippen molar-refractivity contribution in [1.29, 1.82) is 0 Å². The van der Waals surface area contributed by atoms with E-state index in [2.05, 4.69) is 23.9 Å². The minimum atomic E-state index is -3.96. The Kier molecular flexibility index (Phi) is 8.49. The number of halogens is 1. The molecule has 0 aliphatic carbocycles. The van der Waals surface area contributed by atoms with Gasteiger partial charge < -0.3 is 10.1 Å². The monoisotopic (exact) mass is 438 g/mol. The zero-order valence-electron chi connectivity index (χ0n) is 16.8. The Hall–Kier alpha value is -2.09. The molecule has 0 saturated carbocycles. The van der Waals surface area contributed by atoms with Crippen LogP contribution in [-0.4, -0.2) is 34.0 Å². The fourth-order valence-electron chi connectivity index (χ4n) is 2.71. The van der Waals surface area contributed by atoms with Crippen LogP contribution in [0.3, 0.4) is 0 Å². The number of methoxy groups -OCH3 is 1. The van der Waals surface area contributed by atoms with Crippen LogP contribution >= 0.6 is 11.6 Å². The molecule has 6 nitrogen and oxygen atoms in total. The number of ether oxygens (including phenoxy) is 1. The van der Waals surface area contributed by atoms with E-state index in [9.17, 15) is 13.2 Å². The molecular formula is C21H27ClN2O4S. The quantitative estimate of drug-likeness (QED) is 0.595. The first kappa shape index (κ1) is 23.2. The third-order valence-electron chi connectivity index (χ3n) is 4.35. The zero-order chi connectivity index (χ0) is 21.4. The van der Waals surface area contributed by atoms with E-state index in [0.29, 0.717) is 18.2 Å². The smallest absolute Gasteiger partial charge is 0.241 e. The van der Waals surface area contributed by atoms with Crippen molar-refractivity contribution in [3.63, 3.8) is 0 Å². The number of amides is 1. The van der Waals surface area contributed by atoms with E-state index < -0.39 is 16.1 Å². The Morgan fingerprint density at radius 1 is 1.14 bits per heavy atom. The van der Waals surface area contributed by atoms with Gasteiger partial charge in [-0.1, -0.05) is 55.8 Å². The van der Waals surface area contributed by atoms with Gasteiger partial charge in [-0.05, 0) is 42.5 Å². The first-order chi connectivity index (χ1) is 13.7. The lowest BCUT2D eigenvalue weighted by atomic mass is 10.1. The minimum Gasteiger partial charge on any atom is -0.495 e. The van der Waals surface area contributed by atoms with E-state index in [0.717, 1.165) is 12.0 Å². The molecule has 0 bridgehead atoms. The van der Waals surface area contributed by atoms with Crippen LogP contribution < -0.4 is 14.8 Å². The van der Waals surface area contributed by atoms with E-state index in [4.69, 9.17) is 16.3 Å². The van der Waals surface area contributed by atoms with Gasteiger partial charge in [0, 0.05) is 6.54 Å². The van der Waals surface area contributed by atoms with Gasteiger partial charge in [0.05, 0.1) is 17.0 Å². The normalized spacial score (nSPS) is 12.6. The molecule has 0 aliphatic heterocycles. The van der Waals surface area contributed by atoms with Crippen molar-refractivity contribution in [2.75, 3.05) is 13.7 Å². The van der Waals surface area contributed by atoms with Gasteiger partial charge in [-0.25, -0.2) is 8.42 Å². The number of carbonyl (C=O) groups is 1. The van der Waals surface area contributed by atoms with Gasteiger partial charge >= 0.3 is 0 Å². The van der Waals surface area contributed by atoms with Gasteiger partial charge in [0.1, 0.15) is 11.8 Å². The molecule has 1 amide bonds. The molecule has 0 aliphatic rings. The number of hydrogen-bond acceptors (Lipinski definition) is 4. The highest BCUT2D eigenvalue weighted by Crippen LogP contribution is 2.27. The lowest BCUT2D eigenvalue weighted by Gasteiger charge is -2.19. The Bertz CT molecular complexity index is 918. The van der Waals surface area contributed by atoms with Crippen LogP contribution in [0.15, 0.2) is 53.4 Å². The number of nitrogens with one attached hydrogen (secondary N) is 2. The molecule has 0 fully saturated rings. The van der Waals surface area contributed by atoms with E-state index in [-0.39, 0.29) is 22.2 Å². The first-order valence-corrected chi connectivity index (χ1v) is 11.3. The number of carbonyl (C=O) groups excluding carboxylic acids is 1. The van der Waals surface area contributed by atoms with Gasteiger partial charge in [0.15, 0.2) is 0 Å². The van der Waals surface area contributed by atoms with Crippen LogP contribution in [0.4, 0.5) is 0 Å². The van der Waals surface area contributed by atoms with Gasteiger partial charge in [-0.15, -0.1) is 0 Å². The summed E-state index contributed by atoms with van der Waals surface area (Å²) in [7, 11) is -2.51. The lowest BCUT2D eigenvalue weighted by Crippen LogP contribution is -2.48. The third-order valence-corrected chi connectivity index (χ3v) is 6.12. The minimum absolute atomic E-state index is 0.0312. The molecule has 0 aromatic heterocycles. The summed E-state index contributed by atoms with van der Waals surface area (Å²) in [6, 6.07) is 12.5. The number of sulfonamides is 1. The van der Waals surface area contributed by atoms with Crippen LogP contribution in [0.5, 0.6) is 5.75 Å². The van der Waals surface area contributed by atoms with Gasteiger partial charge in [-0.2, -0.15) is 4.72 Å². The molecule has 0 radical (unpaired) electrons. The predicted molar refractivity (Wildman–Crippen MR) is 115 cm³/mol. The summed E-state index contributed by atoms with van der Waals surface area (Å²) >= 11 is 6.07. The summed E-state index contributed by atoms with van der Waals surface area (Å²) in [5, 5.41) is 3.00. The Morgan fingerprint density at radius 3 is 2.41 bits per heavy atom. The maximum Gasteiger partial charge on any atom is 0.241 e. The summed E-state index contributed by atoms with van der Waals surface area (Å²) in [5.41, 5.74) is 0.854. The van der Waals surface area contributed by atoms with E-state index in [1.54, 1.807) is 0 Å². The van der Waals surface area contributed by atoms with E-state index >= 15 is 0 Å². The fourth-order valence-corrected chi connectivity index (χ4v) is 4.26. The van der Waals surface area contributed by atoms with Crippen LogP contribution in [0.2, 0.25) is 5.02 Å². The molecule has 2 N–H and O–H groups in total. The molecule has 2 aromatic carbocycles. The molecular weight excluding hydrogens is 412 g/mol. The second-order valence-electron chi connectivity index (χ2n) is 7.13. The summed E-state index contributed by atoms with van der Waals surface area (Å²) in [6.07, 6.45) is 1.04. The van der Waals surface area contributed by atoms with Crippen molar-refractivity contribution in [2.24, 2.45) is 5.92 Å². The highest BCUT2D eigenvalue weighted by Gasteiger charge is 2.26. The van der Waals surface area contributed by atoms with Crippen LogP contribution in [0.25, 0.3) is 0 Å². The summed E-state index contributed by atoms with van der Waals surface area (Å²) in [4.78, 5) is 12.7. The van der Waals surface area contributed by atoms with Crippen molar-refractivity contribution in [3.8, 4) is 5.75 Å². The standard InChI is InChI=1S/C21H27ClN2O4S/c1-15(2)11-12-23-21(25)19(13-16-7-5-4-6-8-16)24-29(26,27)17-9-10-20(28-3)18(22)14-17/h4-10,14-15,19,24H,11-13H2,1-3H3,(H,23,25)/t19-/m1/s1. The molecule has 2 rings (SSSR count). The van der Waals surface area contributed by atoms with E-state index in [1.165, 1.54) is 25.3 Å². The molecule has 158 valence electrons. The average molecular weight is 439 g/mol. The third kappa shape index (κ3) is 7.03. The zero-order valence-corrected chi connectivity index (χ0v) is 18.4. The number of benzene rings is 2. The van der Waals surface area contributed by atoms with Crippen LogP contribution in [0.1, 0.15) is 25.8 Å². The molecule has 0 heterocycles. The molecule has 0 unspecified atom stereocenters. The Balaban J connectivity index is 2.22. The lowest BCUT2D eigenvalue weighted by molar-refractivity contribution is -0.122. The maximum atomic E-state index is 12.9. The summed E-state index contributed by atoms with van der Waals surface area (Å²) in [5.74, 6) is 0.441. The summed E-state index contributed by atoms with van der Waals surface area (Å²) in [6.45, 7) is 4.60. The van der Waals surface area contributed by atoms with Crippen molar-refractivity contribution in [2.45, 2.75) is 37.6 Å². The molecule has 1 atom stereocenters.